The molecule has 0 unspecified atom stereocenters. The van der Waals surface area contributed by atoms with E-state index in [4.69, 9.17) is 15.5 Å². The highest BCUT2D eigenvalue weighted by molar-refractivity contribution is 7.10. The molecule has 1 aliphatic carbocycles. The molecule has 3 aromatic rings. The number of pyridine rings is 1. The van der Waals surface area contributed by atoms with Crippen LogP contribution in [0.25, 0.3) is 22.6 Å². The average Bonchev–Trinajstić information content (AvgIpc) is 3.23. The molecule has 8 heteroatoms. The minimum absolute atomic E-state index is 0.416. The van der Waals surface area contributed by atoms with E-state index in [9.17, 15) is 14.4 Å². The van der Waals surface area contributed by atoms with Crippen molar-refractivity contribution in [3.8, 4) is 0 Å². The number of urea groups is 1. The molecule has 7 nitrogen and oxygen atoms in total. The van der Waals surface area contributed by atoms with Crippen molar-refractivity contribution in [3.63, 3.8) is 0 Å². The van der Waals surface area contributed by atoms with Crippen LogP contribution in [0, 0.1) is 0 Å². The quantitative estimate of drug-likeness (QED) is 0.626. The molecular weight excluding hydrogens is 402 g/mol. The molecule has 0 saturated heterocycles. The van der Waals surface area contributed by atoms with Crippen LogP contribution in [0.4, 0.5) is 4.79 Å². The lowest BCUT2D eigenvalue weighted by atomic mass is 9.86. The van der Waals surface area contributed by atoms with Crippen molar-refractivity contribution in [1.82, 2.24) is 10.3 Å². The molecule has 2 aromatic heterocycles. The molecule has 0 fully saturated rings. The van der Waals surface area contributed by atoms with Gasteiger partial charge in [0.2, 0.25) is 0 Å². The fraction of sp³-hybridized carbons (Fsp3) is 0.182. The molecule has 0 atom stereocenters. The number of carbonyl (C=O) groups is 3. The summed E-state index contributed by atoms with van der Waals surface area (Å²) < 4.78 is 5.20. The van der Waals surface area contributed by atoms with Crippen LogP contribution in [0.3, 0.4) is 0 Å². The lowest BCUT2D eigenvalue weighted by Crippen LogP contribution is -2.37. The summed E-state index contributed by atoms with van der Waals surface area (Å²) in [6.07, 6.45) is 4.55. The lowest BCUT2D eigenvalue weighted by molar-refractivity contribution is -0.123. The monoisotopic (exact) mass is 421 g/mol. The molecule has 0 radical (unpaired) electrons. The standard InChI is InChI=1S/C22H19N3O4S/c23-22(28)25-18(26)12-29-21(27)19-15-7-1-2-9-17(15)24-20-13(5-3-8-16(19)20)11-14-6-4-10-30-14/h1-2,4,6-7,9-11H,3,5,8,12H2,(H3,23,25,26,28)/b13-11-. The van der Waals surface area contributed by atoms with Crippen molar-refractivity contribution in [3.05, 3.63) is 63.5 Å². The number of amides is 3. The highest BCUT2D eigenvalue weighted by Crippen LogP contribution is 2.36. The summed E-state index contributed by atoms with van der Waals surface area (Å²) in [5.41, 5.74) is 8.71. The molecule has 2 heterocycles. The molecule has 3 amide bonds. The number of rotatable bonds is 4. The van der Waals surface area contributed by atoms with Gasteiger partial charge in [0.25, 0.3) is 5.91 Å². The summed E-state index contributed by atoms with van der Waals surface area (Å²) in [7, 11) is 0. The summed E-state index contributed by atoms with van der Waals surface area (Å²) in [4.78, 5) is 41.4. The van der Waals surface area contributed by atoms with Gasteiger partial charge >= 0.3 is 12.0 Å². The summed E-state index contributed by atoms with van der Waals surface area (Å²) in [6.45, 7) is -0.592. The van der Waals surface area contributed by atoms with Gasteiger partial charge in [-0.25, -0.2) is 14.6 Å². The summed E-state index contributed by atoms with van der Waals surface area (Å²) in [5, 5.41) is 4.58. The van der Waals surface area contributed by atoms with Gasteiger partial charge in [-0.15, -0.1) is 11.3 Å². The van der Waals surface area contributed by atoms with Crippen LogP contribution in [0.1, 0.15) is 39.3 Å². The Morgan fingerprint density at radius 1 is 1.17 bits per heavy atom. The van der Waals surface area contributed by atoms with Crippen LogP contribution in [0.15, 0.2) is 41.8 Å². The smallest absolute Gasteiger partial charge is 0.339 e. The second kappa shape index (κ2) is 8.46. The van der Waals surface area contributed by atoms with Crippen molar-refractivity contribution in [2.45, 2.75) is 19.3 Å². The number of hydrogen-bond acceptors (Lipinski definition) is 6. The SMILES string of the molecule is NC(=O)NC(=O)COC(=O)c1c2c(nc3ccccc13)/C(=C\c1cccs1)CCC2. The number of nitrogens with one attached hydrogen (secondary N) is 1. The van der Waals surface area contributed by atoms with Crippen LogP contribution in [-0.2, 0) is 16.0 Å². The van der Waals surface area contributed by atoms with Gasteiger partial charge in [0.1, 0.15) is 0 Å². The fourth-order valence-corrected chi connectivity index (χ4v) is 4.31. The number of thiophene rings is 1. The van der Waals surface area contributed by atoms with Gasteiger partial charge in [-0.3, -0.25) is 10.1 Å². The summed E-state index contributed by atoms with van der Waals surface area (Å²) >= 11 is 1.64. The number of benzene rings is 1. The third-order valence-corrected chi connectivity index (χ3v) is 5.65. The number of primary amides is 1. The van der Waals surface area contributed by atoms with E-state index in [0.29, 0.717) is 22.9 Å². The maximum Gasteiger partial charge on any atom is 0.339 e. The first kappa shape index (κ1) is 19.8. The number of esters is 1. The number of nitrogens with zero attached hydrogens (tertiary/aromatic N) is 1. The Hall–Kier alpha value is -3.52. The molecule has 3 N–H and O–H groups in total. The Labute approximate surface area is 176 Å². The first-order valence-electron chi connectivity index (χ1n) is 9.45. The Morgan fingerprint density at radius 3 is 2.77 bits per heavy atom. The van der Waals surface area contributed by atoms with E-state index in [1.165, 1.54) is 0 Å². The van der Waals surface area contributed by atoms with E-state index in [1.807, 2.05) is 47.1 Å². The first-order valence-corrected chi connectivity index (χ1v) is 10.3. The molecule has 1 aromatic carbocycles. The highest BCUT2D eigenvalue weighted by Gasteiger charge is 2.26. The number of fused-ring (bicyclic) bond motifs is 2. The van der Waals surface area contributed by atoms with Crippen LogP contribution >= 0.6 is 11.3 Å². The number of allylic oxidation sites excluding steroid dienone is 1. The molecule has 0 spiro atoms. The predicted molar refractivity (Wildman–Crippen MR) is 115 cm³/mol. The van der Waals surface area contributed by atoms with Gasteiger partial charge in [-0.1, -0.05) is 24.3 Å². The normalized spacial score (nSPS) is 14.3. The minimum atomic E-state index is -0.994. The van der Waals surface area contributed by atoms with Gasteiger partial charge in [0.15, 0.2) is 6.61 Å². The zero-order valence-electron chi connectivity index (χ0n) is 16.0. The molecule has 4 rings (SSSR count). The zero-order chi connectivity index (χ0) is 21.1. The highest BCUT2D eigenvalue weighted by atomic mass is 32.1. The molecule has 1 aliphatic rings. The number of imide groups is 1. The number of para-hydroxylation sites is 1. The predicted octanol–water partition coefficient (Wildman–Crippen LogP) is 3.52. The van der Waals surface area contributed by atoms with Gasteiger partial charge in [-0.2, -0.15) is 0 Å². The summed E-state index contributed by atoms with van der Waals surface area (Å²) in [5.74, 6) is -1.40. The zero-order valence-corrected chi connectivity index (χ0v) is 16.8. The largest absolute Gasteiger partial charge is 0.452 e. The van der Waals surface area contributed by atoms with Crippen LogP contribution in [-0.4, -0.2) is 29.5 Å². The number of ether oxygens (including phenoxy) is 1. The van der Waals surface area contributed by atoms with Crippen molar-refractivity contribution in [2.24, 2.45) is 5.73 Å². The molecule has 152 valence electrons. The maximum absolute atomic E-state index is 13.0. The van der Waals surface area contributed by atoms with Crippen LogP contribution in [0.2, 0.25) is 0 Å². The molecule has 30 heavy (non-hydrogen) atoms. The van der Waals surface area contributed by atoms with Gasteiger partial charge < -0.3 is 10.5 Å². The van der Waals surface area contributed by atoms with Gasteiger partial charge in [0.05, 0.1) is 16.8 Å². The third-order valence-electron chi connectivity index (χ3n) is 4.83. The second-order valence-corrected chi connectivity index (χ2v) is 7.84. The number of carbonyl (C=O) groups excluding carboxylic acids is 3. The Kier molecular flexibility index (Phi) is 5.58. The van der Waals surface area contributed by atoms with Gasteiger partial charge in [0, 0.05) is 10.3 Å². The molecule has 0 aliphatic heterocycles. The van der Waals surface area contributed by atoms with E-state index < -0.39 is 24.5 Å². The van der Waals surface area contributed by atoms with Crippen LogP contribution in [0.5, 0.6) is 0 Å². The first-order chi connectivity index (χ1) is 14.5. The van der Waals surface area contributed by atoms with Crippen molar-refractivity contribution in [1.29, 1.82) is 0 Å². The number of hydrogen-bond donors (Lipinski definition) is 2. The minimum Gasteiger partial charge on any atom is -0.452 e. The molecule has 0 saturated carbocycles. The van der Waals surface area contributed by atoms with Gasteiger partial charge in [-0.05, 0) is 54.0 Å². The maximum atomic E-state index is 13.0. The Bertz CT molecular complexity index is 1170. The lowest BCUT2D eigenvalue weighted by Gasteiger charge is -2.22. The second-order valence-electron chi connectivity index (χ2n) is 6.86. The topological polar surface area (TPSA) is 111 Å². The Morgan fingerprint density at radius 2 is 2.00 bits per heavy atom. The number of nitrogens with two attached hydrogens (primary N) is 1. The van der Waals surface area contributed by atoms with E-state index in [1.54, 1.807) is 11.3 Å². The Balaban J connectivity index is 1.76. The van der Waals surface area contributed by atoms with Crippen molar-refractivity contribution in [2.75, 3.05) is 6.61 Å². The van der Waals surface area contributed by atoms with E-state index in [2.05, 4.69) is 6.08 Å². The van der Waals surface area contributed by atoms with E-state index in [0.717, 1.165) is 34.5 Å². The molecule has 0 bridgehead atoms. The molecular formula is C22H19N3O4S. The van der Waals surface area contributed by atoms with Crippen molar-refractivity contribution >= 4 is 51.8 Å². The summed E-state index contributed by atoms with van der Waals surface area (Å²) in [6, 6.07) is 10.4. The fourth-order valence-electron chi connectivity index (χ4n) is 3.63. The average molecular weight is 421 g/mol. The third kappa shape index (κ3) is 4.08. The van der Waals surface area contributed by atoms with E-state index >= 15 is 0 Å². The van der Waals surface area contributed by atoms with E-state index in [-0.39, 0.29) is 0 Å². The van der Waals surface area contributed by atoms with Crippen LogP contribution < -0.4 is 11.1 Å². The number of aromatic nitrogens is 1. The van der Waals surface area contributed by atoms with Crippen molar-refractivity contribution < 1.29 is 19.1 Å².